The van der Waals surface area contributed by atoms with Crippen LogP contribution < -0.4 is 10.1 Å². The van der Waals surface area contributed by atoms with E-state index in [0.717, 1.165) is 6.26 Å². The Morgan fingerprint density at radius 3 is 2.78 bits per heavy atom. The summed E-state index contributed by atoms with van der Waals surface area (Å²) in [5.74, 6) is 2.58. The van der Waals surface area contributed by atoms with Gasteiger partial charge in [0.05, 0.1) is 31.3 Å². The molecule has 2 atom stereocenters. The summed E-state index contributed by atoms with van der Waals surface area (Å²) < 4.78 is 16.3. The maximum atomic E-state index is 11.1. The third-order valence-electron chi connectivity index (χ3n) is 4.91. The fourth-order valence-electron chi connectivity index (χ4n) is 3.25. The molecule has 27 heavy (non-hydrogen) atoms. The fourth-order valence-corrected chi connectivity index (χ4v) is 3.25. The molecular weight excluding hydrogens is 348 g/mol. The van der Waals surface area contributed by atoms with Gasteiger partial charge in [0.25, 0.3) is 0 Å². The Labute approximate surface area is 158 Å². The van der Waals surface area contributed by atoms with E-state index >= 15 is 0 Å². The minimum absolute atomic E-state index is 0.241. The van der Waals surface area contributed by atoms with Gasteiger partial charge in [0.15, 0.2) is 12.2 Å². The molecule has 7 nitrogen and oxygen atoms in total. The van der Waals surface area contributed by atoms with Crippen LogP contribution in [0.5, 0.6) is 5.75 Å². The number of nitrogens with zero attached hydrogens (tertiary/aromatic N) is 1. The van der Waals surface area contributed by atoms with Gasteiger partial charge in [-0.2, -0.15) is 5.26 Å². The number of hydrogen-bond donors (Lipinski definition) is 2. The van der Waals surface area contributed by atoms with Gasteiger partial charge in [-0.3, -0.25) is 0 Å². The molecule has 2 rings (SSSR count). The summed E-state index contributed by atoms with van der Waals surface area (Å²) in [6.45, 7) is 4.18. The van der Waals surface area contributed by atoms with Crippen molar-refractivity contribution in [2.75, 3.05) is 13.7 Å². The highest BCUT2D eigenvalue weighted by Crippen LogP contribution is 2.43. The second kappa shape index (κ2) is 9.24. The number of aliphatic hydroxyl groups excluding tert-OH is 1. The molecular formula is C20H24N2O5. The van der Waals surface area contributed by atoms with Crippen LogP contribution in [0.2, 0.25) is 0 Å². The number of carbonyl (C=O) groups excluding carboxylic acids is 1. The fraction of sp³-hybridized carbons (Fsp3) is 0.450. The van der Waals surface area contributed by atoms with Gasteiger partial charge in [0, 0.05) is 5.56 Å². The van der Waals surface area contributed by atoms with Crippen molar-refractivity contribution < 1.29 is 24.1 Å². The van der Waals surface area contributed by atoms with Gasteiger partial charge < -0.3 is 24.6 Å². The van der Waals surface area contributed by atoms with E-state index in [1.807, 2.05) is 13.8 Å². The van der Waals surface area contributed by atoms with Crippen molar-refractivity contribution in [2.45, 2.75) is 44.4 Å². The summed E-state index contributed by atoms with van der Waals surface area (Å²) in [5.41, 5.74) is 0.467. The number of nitriles is 1. The summed E-state index contributed by atoms with van der Waals surface area (Å²) in [7, 11) is 1.48. The first kappa shape index (κ1) is 20.5. The molecule has 0 bridgehead atoms. The smallest absolute Gasteiger partial charge is 0.174 e. The van der Waals surface area contributed by atoms with E-state index in [1.165, 1.54) is 19.3 Å². The van der Waals surface area contributed by atoms with E-state index < -0.39 is 17.7 Å². The van der Waals surface area contributed by atoms with Crippen LogP contribution >= 0.6 is 0 Å². The van der Waals surface area contributed by atoms with Crippen LogP contribution in [0.15, 0.2) is 36.5 Å². The number of nitrogens with one attached hydrogen (secondary N) is 1. The predicted molar refractivity (Wildman–Crippen MR) is 98.3 cm³/mol. The summed E-state index contributed by atoms with van der Waals surface area (Å²) in [4.78, 5) is 10.2. The highest BCUT2D eigenvalue weighted by Gasteiger charge is 2.47. The minimum Gasteiger partial charge on any atom is -0.497 e. The van der Waals surface area contributed by atoms with Gasteiger partial charge in [-0.15, -0.1) is 0 Å². The van der Waals surface area contributed by atoms with Gasteiger partial charge in [-0.25, -0.2) is 4.79 Å². The number of methoxy groups -OCH3 is 1. The monoisotopic (exact) mass is 372 g/mol. The first-order valence-corrected chi connectivity index (χ1v) is 8.77. The van der Waals surface area contributed by atoms with E-state index in [-0.39, 0.29) is 6.54 Å². The first-order chi connectivity index (χ1) is 13.0. The van der Waals surface area contributed by atoms with E-state index in [0.29, 0.717) is 35.5 Å². The molecule has 0 spiro atoms. The second-order valence-electron chi connectivity index (χ2n) is 6.20. The molecule has 0 saturated carbocycles. The van der Waals surface area contributed by atoms with Gasteiger partial charge in [-0.1, -0.05) is 13.8 Å². The number of ether oxygens (including phenoxy) is 3. The summed E-state index contributed by atoms with van der Waals surface area (Å²) >= 11 is 0. The summed E-state index contributed by atoms with van der Waals surface area (Å²) in [6, 6.07) is 6.82. The Morgan fingerprint density at radius 2 is 2.19 bits per heavy atom. The average molecular weight is 372 g/mol. The lowest BCUT2D eigenvalue weighted by Crippen LogP contribution is -2.55. The van der Waals surface area contributed by atoms with Crippen LogP contribution in [0, 0.1) is 11.3 Å². The third-order valence-corrected chi connectivity index (χ3v) is 4.91. The highest BCUT2D eigenvalue weighted by atomic mass is 16.5. The van der Waals surface area contributed by atoms with Crippen molar-refractivity contribution in [1.82, 2.24) is 5.32 Å². The molecule has 1 aliphatic heterocycles. The van der Waals surface area contributed by atoms with Crippen LogP contribution in [0.25, 0.3) is 0 Å². The molecule has 7 heteroatoms. The van der Waals surface area contributed by atoms with E-state index in [4.69, 9.17) is 14.2 Å². The Bertz CT molecular complexity index is 773. The average Bonchev–Trinajstić information content (AvgIpc) is 2.71. The molecule has 0 aromatic heterocycles. The lowest BCUT2D eigenvalue weighted by Gasteiger charge is -2.46. The molecule has 1 aromatic carbocycles. The molecule has 0 fully saturated rings. The van der Waals surface area contributed by atoms with E-state index in [1.54, 1.807) is 18.2 Å². The maximum Gasteiger partial charge on any atom is 0.174 e. The molecule has 0 amide bonds. The van der Waals surface area contributed by atoms with E-state index in [9.17, 15) is 15.2 Å². The van der Waals surface area contributed by atoms with Crippen LogP contribution in [-0.2, 0) is 14.3 Å². The SMILES string of the molecule is CCC1(CC)Oc2ccc(C#N)cc2[C@H](NCC(=COC=C=O)OC)[C@H]1O. The number of rotatable bonds is 8. The Morgan fingerprint density at radius 1 is 1.44 bits per heavy atom. The van der Waals surface area contributed by atoms with Crippen LogP contribution in [-0.4, -0.2) is 36.4 Å². The second-order valence-corrected chi connectivity index (χ2v) is 6.20. The van der Waals surface area contributed by atoms with Crippen molar-refractivity contribution in [3.05, 3.63) is 47.6 Å². The quantitative estimate of drug-likeness (QED) is 0.533. The largest absolute Gasteiger partial charge is 0.497 e. The third kappa shape index (κ3) is 4.32. The molecule has 2 N–H and O–H groups in total. The van der Waals surface area contributed by atoms with Gasteiger partial charge >= 0.3 is 0 Å². The van der Waals surface area contributed by atoms with Gasteiger partial charge in [0.2, 0.25) is 0 Å². The number of fused-ring (bicyclic) bond motifs is 1. The topological polar surface area (TPSA) is 101 Å². The Hall–Kier alpha value is -2.78. The zero-order valence-electron chi connectivity index (χ0n) is 15.7. The molecule has 1 aliphatic rings. The van der Waals surface area contributed by atoms with Crippen LogP contribution in [0.3, 0.4) is 0 Å². The first-order valence-electron chi connectivity index (χ1n) is 8.77. The molecule has 0 aliphatic carbocycles. The number of aliphatic hydroxyl groups is 1. The van der Waals surface area contributed by atoms with Crippen molar-refractivity contribution >= 4 is 5.94 Å². The van der Waals surface area contributed by atoms with Crippen molar-refractivity contribution in [2.24, 2.45) is 0 Å². The van der Waals surface area contributed by atoms with Crippen molar-refractivity contribution in [3.8, 4) is 11.8 Å². The predicted octanol–water partition coefficient (Wildman–Crippen LogP) is 2.35. The van der Waals surface area contributed by atoms with Gasteiger partial charge in [-0.05, 0) is 31.0 Å². The molecule has 0 unspecified atom stereocenters. The van der Waals surface area contributed by atoms with Crippen LogP contribution in [0.1, 0.15) is 43.9 Å². The normalized spacial score (nSPS) is 20.5. The van der Waals surface area contributed by atoms with Crippen molar-refractivity contribution in [1.29, 1.82) is 5.26 Å². The van der Waals surface area contributed by atoms with Gasteiger partial charge in [0.1, 0.15) is 29.5 Å². The summed E-state index contributed by atoms with van der Waals surface area (Å²) in [6.07, 6.45) is 2.58. The lowest BCUT2D eigenvalue weighted by atomic mass is 9.80. The molecule has 1 aromatic rings. The highest BCUT2D eigenvalue weighted by molar-refractivity contribution is 5.46. The zero-order chi connectivity index (χ0) is 19.9. The summed E-state index contributed by atoms with van der Waals surface area (Å²) in [5, 5.41) is 23.5. The minimum atomic E-state index is -0.831. The zero-order valence-corrected chi connectivity index (χ0v) is 15.7. The molecule has 1 heterocycles. The molecule has 0 saturated heterocycles. The molecule has 144 valence electrons. The number of hydrogen-bond acceptors (Lipinski definition) is 7. The standard InChI is InChI=1S/C20H24N2O5/c1-4-20(5-2)19(24)18(22-12-15(25-3)13-26-9-8-23)16-10-14(11-21)6-7-17(16)27-20/h6-7,9-10,13,18-19,22,24H,4-5,12H2,1-3H3/t18-,19+/m0/s1. The van der Waals surface area contributed by atoms with E-state index in [2.05, 4.69) is 11.4 Å². The maximum absolute atomic E-state index is 11.1. The number of benzene rings is 1. The lowest BCUT2D eigenvalue weighted by molar-refractivity contribution is -0.0920. The Kier molecular flexibility index (Phi) is 7.03. The van der Waals surface area contributed by atoms with Crippen LogP contribution in [0.4, 0.5) is 0 Å². The molecule has 0 radical (unpaired) electrons. The Balaban J connectivity index is 2.35. The van der Waals surface area contributed by atoms with Crippen molar-refractivity contribution in [3.63, 3.8) is 0 Å².